The molecule has 0 aliphatic rings. The van der Waals surface area contributed by atoms with Crippen LogP contribution in [0.15, 0.2) is 48.5 Å². The van der Waals surface area contributed by atoms with Crippen molar-refractivity contribution in [2.45, 2.75) is 6.42 Å². The lowest BCUT2D eigenvalue weighted by molar-refractivity contribution is 0.299. The van der Waals surface area contributed by atoms with Gasteiger partial charge in [0.15, 0.2) is 0 Å². The van der Waals surface area contributed by atoms with Gasteiger partial charge in [-0.2, -0.15) is 0 Å². The van der Waals surface area contributed by atoms with E-state index in [4.69, 9.17) is 15.6 Å². The average molecular weight is 229 g/mol. The van der Waals surface area contributed by atoms with E-state index in [-0.39, 0.29) is 6.61 Å². The molecule has 0 fully saturated rings. The van der Waals surface area contributed by atoms with Gasteiger partial charge in [-0.15, -0.1) is 0 Å². The van der Waals surface area contributed by atoms with Crippen LogP contribution in [0.25, 0.3) is 0 Å². The summed E-state index contributed by atoms with van der Waals surface area (Å²) in [5, 5.41) is 8.81. The highest BCUT2D eigenvalue weighted by Gasteiger charge is 2.00. The van der Waals surface area contributed by atoms with Crippen molar-refractivity contribution in [3.63, 3.8) is 0 Å². The van der Waals surface area contributed by atoms with Crippen molar-refractivity contribution in [1.82, 2.24) is 0 Å². The fourth-order valence-electron chi connectivity index (χ4n) is 1.55. The molecule has 0 radical (unpaired) electrons. The van der Waals surface area contributed by atoms with Crippen molar-refractivity contribution in [2.75, 3.05) is 12.3 Å². The molecule has 0 spiro atoms. The number of nitrogens with two attached hydrogens (primary N) is 1. The second-order valence-electron chi connectivity index (χ2n) is 3.76. The molecule has 0 heterocycles. The molecule has 0 saturated heterocycles. The Balaban J connectivity index is 2.11. The monoisotopic (exact) mass is 229 g/mol. The predicted molar refractivity (Wildman–Crippen MR) is 68.2 cm³/mol. The van der Waals surface area contributed by atoms with Gasteiger partial charge in [0.05, 0.1) is 5.69 Å². The number of hydrogen-bond donors (Lipinski definition) is 2. The molecule has 0 aliphatic heterocycles. The van der Waals surface area contributed by atoms with Crippen LogP contribution in [-0.2, 0) is 6.42 Å². The lowest BCUT2D eigenvalue weighted by atomic mass is 10.1. The third-order valence-electron chi connectivity index (χ3n) is 2.47. The molecule has 2 aromatic rings. The van der Waals surface area contributed by atoms with Gasteiger partial charge in [-0.3, -0.25) is 0 Å². The molecule has 2 aromatic carbocycles. The fourth-order valence-corrected chi connectivity index (χ4v) is 1.55. The molecule has 0 unspecified atom stereocenters. The standard InChI is InChI=1S/C14H15NO2/c15-13-3-1-2-4-14(13)17-12-7-5-11(6-8-12)9-10-16/h1-8,16H,9-10,15H2. The van der Waals surface area contributed by atoms with Crippen LogP contribution in [0.2, 0.25) is 0 Å². The van der Waals surface area contributed by atoms with Crippen LogP contribution < -0.4 is 10.5 Å². The van der Waals surface area contributed by atoms with Gasteiger partial charge in [0.2, 0.25) is 0 Å². The molecule has 2 rings (SSSR count). The summed E-state index contributed by atoms with van der Waals surface area (Å²) < 4.78 is 5.65. The molecule has 0 bridgehead atoms. The summed E-state index contributed by atoms with van der Waals surface area (Å²) in [4.78, 5) is 0. The molecule has 0 amide bonds. The topological polar surface area (TPSA) is 55.5 Å². The van der Waals surface area contributed by atoms with Crippen LogP contribution in [-0.4, -0.2) is 11.7 Å². The van der Waals surface area contributed by atoms with Crippen molar-refractivity contribution >= 4 is 5.69 Å². The molecule has 0 saturated carbocycles. The van der Waals surface area contributed by atoms with Crippen molar-refractivity contribution in [2.24, 2.45) is 0 Å². The maximum atomic E-state index is 8.81. The fraction of sp³-hybridized carbons (Fsp3) is 0.143. The summed E-state index contributed by atoms with van der Waals surface area (Å²) in [5.41, 5.74) is 7.49. The summed E-state index contributed by atoms with van der Waals surface area (Å²) in [6.45, 7) is 0.159. The first-order valence-corrected chi connectivity index (χ1v) is 5.52. The molecule has 3 N–H and O–H groups in total. The van der Waals surface area contributed by atoms with Crippen molar-refractivity contribution < 1.29 is 9.84 Å². The number of anilines is 1. The Morgan fingerprint density at radius 1 is 1.00 bits per heavy atom. The Kier molecular flexibility index (Phi) is 3.62. The SMILES string of the molecule is Nc1ccccc1Oc1ccc(CCO)cc1. The normalized spacial score (nSPS) is 10.2. The lowest BCUT2D eigenvalue weighted by Gasteiger charge is -2.08. The van der Waals surface area contributed by atoms with E-state index in [0.29, 0.717) is 17.9 Å². The van der Waals surface area contributed by atoms with E-state index in [0.717, 1.165) is 11.3 Å². The molecule has 3 heteroatoms. The summed E-state index contributed by atoms with van der Waals surface area (Å²) in [6, 6.07) is 15.0. The van der Waals surface area contributed by atoms with Gasteiger partial charge in [-0.25, -0.2) is 0 Å². The minimum absolute atomic E-state index is 0.159. The van der Waals surface area contributed by atoms with E-state index < -0.39 is 0 Å². The third kappa shape index (κ3) is 2.98. The highest BCUT2D eigenvalue weighted by Crippen LogP contribution is 2.26. The molecule has 0 atom stereocenters. The maximum absolute atomic E-state index is 8.81. The number of hydrogen-bond acceptors (Lipinski definition) is 3. The van der Waals surface area contributed by atoms with Gasteiger partial charge in [0.25, 0.3) is 0 Å². The minimum Gasteiger partial charge on any atom is -0.455 e. The first-order valence-electron chi connectivity index (χ1n) is 5.52. The zero-order valence-corrected chi connectivity index (χ0v) is 9.47. The quantitative estimate of drug-likeness (QED) is 0.792. The number of ether oxygens (including phenoxy) is 1. The Morgan fingerprint density at radius 2 is 1.71 bits per heavy atom. The largest absolute Gasteiger partial charge is 0.455 e. The molecular weight excluding hydrogens is 214 g/mol. The van der Waals surface area contributed by atoms with Crippen LogP contribution in [0.4, 0.5) is 5.69 Å². The van der Waals surface area contributed by atoms with Crippen LogP contribution in [0.5, 0.6) is 11.5 Å². The van der Waals surface area contributed by atoms with E-state index in [1.165, 1.54) is 0 Å². The van der Waals surface area contributed by atoms with Crippen molar-refractivity contribution in [3.8, 4) is 11.5 Å². The van der Waals surface area contributed by atoms with E-state index in [1.807, 2.05) is 42.5 Å². The predicted octanol–water partition coefficient (Wildman–Crippen LogP) is 2.60. The van der Waals surface area contributed by atoms with E-state index in [9.17, 15) is 0 Å². The summed E-state index contributed by atoms with van der Waals surface area (Å²) in [7, 11) is 0. The molecular formula is C14H15NO2. The maximum Gasteiger partial charge on any atom is 0.150 e. The van der Waals surface area contributed by atoms with Crippen molar-refractivity contribution in [3.05, 3.63) is 54.1 Å². The van der Waals surface area contributed by atoms with Crippen LogP contribution in [0.3, 0.4) is 0 Å². The molecule has 17 heavy (non-hydrogen) atoms. The molecule has 0 aromatic heterocycles. The second-order valence-corrected chi connectivity index (χ2v) is 3.76. The average Bonchev–Trinajstić information content (AvgIpc) is 2.35. The number of aliphatic hydroxyl groups is 1. The summed E-state index contributed by atoms with van der Waals surface area (Å²) >= 11 is 0. The lowest BCUT2D eigenvalue weighted by Crippen LogP contribution is -1.93. The number of nitrogen functional groups attached to an aromatic ring is 1. The summed E-state index contributed by atoms with van der Waals surface area (Å²) in [6.07, 6.45) is 0.660. The van der Waals surface area contributed by atoms with Gasteiger partial charge in [0, 0.05) is 6.61 Å². The van der Waals surface area contributed by atoms with Gasteiger partial charge >= 0.3 is 0 Å². The first-order chi connectivity index (χ1) is 8.29. The second kappa shape index (κ2) is 5.37. The van der Waals surface area contributed by atoms with E-state index in [2.05, 4.69) is 0 Å². The third-order valence-corrected chi connectivity index (χ3v) is 2.47. The number of benzene rings is 2. The van der Waals surface area contributed by atoms with Crippen LogP contribution >= 0.6 is 0 Å². The van der Waals surface area contributed by atoms with E-state index in [1.54, 1.807) is 6.07 Å². The number of rotatable bonds is 4. The van der Waals surface area contributed by atoms with Gasteiger partial charge in [-0.1, -0.05) is 24.3 Å². The molecule has 88 valence electrons. The zero-order chi connectivity index (χ0) is 12.1. The smallest absolute Gasteiger partial charge is 0.150 e. The Morgan fingerprint density at radius 3 is 2.35 bits per heavy atom. The zero-order valence-electron chi connectivity index (χ0n) is 9.47. The van der Waals surface area contributed by atoms with Crippen LogP contribution in [0, 0.1) is 0 Å². The minimum atomic E-state index is 0.159. The highest BCUT2D eigenvalue weighted by atomic mass is 16.5. The Bertz CT molecular complexity index is 480. The molecule has 3 nitrogen and oxygen atoms in total. The van der Waals surface area contributed by atoms with Gasteiger partial charge in [0.1, 0.15) is 11.5 Å². The van der Waals surface area contributed by atoms with Gasteiger partial charge in [-0.05, 0) is 36.2 Å². The van der Waals surface area contributed by atoms with E-state index >= 15 is 0 Å². The van der Waals surface area contributed by atoms with Gasteiger partial charge < -0.3 is 15.6 Å². The Hall–Kier alpha value is -2.00. The Labute approximate surface area is 100 Å². The van der Waals surface area contributed by atoms with Crippen molar-refractivity contribution in [1.29, 1.82) is 0 Å². The van der Waals surface area contributed by atoms with Crippen LogP contribution in [0.1, 0.15) is 5.56 Å². The highest BCUT2D eigenvalue weighted by molar-refractivity contribution is 5.53. The number of aliphatic hydroxyl groups excluding tert-OH is 1. The summed E-state index contributed by atoms with van der Waals surface area (Å²) in [5.74, 6) is 1.40. The number of para-hydroxylation sites is 2. The molecule has 0 aliphatic carbocycles. The first kappa shape index (κ1) is 11.5.